The van der Waals surface area contributed by atoms with E-state index in [0.717, 1.165) is 6.42 Å². The maximum atomic E-state index is 12.3. The summed E-state index contributed by atoms with van der Waals surface area (Å²) in [7, 11) is 1.49. The number of nitro groups is 1. The Morgan fingerprint density at radius 1 is 1.31 bits per heavy atom. The largest absolute Gasteiger partial charge is 0.384 e. The van der Waals surface area contributed by atoms with E-state index in [1.54, 1.807) is 5.43 Å². The Balaban J connectivity index is 4.53. The Bertz CT molecular complexity index is 483. The smallest absolute Gasteiger partial charge is 0.251 e. The van der Waals surface area contributed by atoms with Crippen LogP contribution in [-0.2, 0) is 14.3 Å². The van der Waals surface area contributed by atoms with E-state index in [1.807, 2.05) is 0 Å². The molecule has 0 aromatic rings. The first-order chi connectivity index (χ1) is 12.3. The number of hydrazine groups is 1. The van der Waals surface area contributed by atoms with Gasteiger partial charge in [0, 0.05) is 26.6 Å². The molecular formula is C15H30N6O5. The van der Waals surface area contributed by atoms with Crippen LogP contribution in [0.25, 0.3) is 0 Å². The molecule has 0 heterocycles. The van der Waals surface area contributed by atoms with E-state index in [4.69, 9.17) is 10.5 Å². The van der Waals surface area contributed by atoms with Crippen molar-refractivity contribution >= 4 is 17.8 Å². The molecule has 0 aromatic heterocycles. The second-order valence-electron chi connectivity index (χ2n) is 6.11. The molecule has 0 bridgehead atoms. The average molecular weight is 374 g/mol. The van der Waals surface area contributed by atoms with Gasteiger partial charge in [0.15, 0.2) is 5.03 Å². The molecule has 0 radical (unpaired) electrons. The summed E-state index contributed by atoms with van der Waals surface area (Å²) in [6.07, 6.45) is 1.75. The predicted molar refractivity (Wildman–Crippen MR) is 96.7 cm³/mol. The van der Waals surface area contributed by atoms with Gasteiger partial charge in [-0.1, -0.05) is 19.3 Å². The molecule has 0 aliphatic carbocycles. The SMILES string of the molecule is COCCC(=O)N[C@@H](CCCN=C(N)N[N+](=O)[O-])C(=O)NCCC(C)C. The quantitative estimate of drug-likeness (QED) is 0.112. The Hall–Kier alpha value is -2.43. The Labute approximate surface area is 153 Å². The first-order valence-corrected chi connectivity index (χ1v) is 8.53. The van der Waals surface area contributed by atoms with Gasteiger partial charge in [0.2, 0.25) is 11.8 Å². The number of rotatable bonds is 13. The number of aliphatic imine (C=N–C) groups is 1. The van der Waals surface area contributed by atoms with Gasteiger partial charge in [0.05, 0.1) is 6.61 Å². The molecule has 5 N–H and O–H groups in total. The van der Waals surface area contributed by atoms with E-state index in [0.29, 0.717) is 25.3 Å². The normalized spacial score (nSPS) is 12.5. The van der Waals surface area contributed by atoms with Crippen molar-refractivity contribution in [2.24, 2.45) is 16.6 Å². The molecule has 0 spiro atoms. The zero-order valence-corrected chi connectivity index (χ0v) is 15.6. The van der Waals surface area contributed by atoms with Crippen LogP contribution < -0.4 is 21.8 Å². The first kappa shape index (κ1) is 23.6. The lowest BCUT2D eigenvalue weighted by atomic mass is 10.1. The van der Waals surface area contributed by atoms with Crippen LogP contribution in [0.15, 0.2) is 4.99 Å². The molecular weight excluding hydrogens is 344 g/mol. The molecule has 11 heteroatoms. The van der Waals surface area contributed by atoms with Crippen LogP contribution in [0.1, 0.15) is 39.5 Å². The third-order valence-corrected chi connectivity index (χ3v) is 3.34. The number of hydrogen-bond donors (Lipinski definition) is 4. The van der Waals surface area contributed by atoms with Gasteiger partial charge >= 0.3 is 0 Å². The number of nitrogens with two attached hydrogens (primary N) is 1. The van der Waals surface area contributed by atoms with Gasteiger partial charge in [0.1, 0.15) is 6.04 Å². The molecule has 1 atom stereocenters. The molecule has 0 saturated carbocycles. The number of hydrogen-bond acceptors (Lipinski definition) is 6. The average Bonchev–Trinajstić information content (AvgIpc) is 2.54. The summed E-state index contributed by atoms with van der Waals surface area (Å²) >= 11 is 0. The number of carbonyl (C=O) groups excluding carboxylic acids is 2. The number of carbonyl (C=O) groups is 2. The number of methoxy groups -OCH3 is 1. The van der Waals surface area contributed by atoms with E-state index >= 15 is 0 Å². The van der Waals surface area contributed by atoms with Crippen LogP contribution in [0.5, 0.6) is 0 Å². The minimum Gasteiger partial charge on any atom is -0.384 e. The molecule has 0 aliphatic heterocycles. The highest BCUT2D eigenvalue weighted by molar-refractivity contribution is 5.87. The van der Waals surface area contributed by atoms with Crippen LogP contribution in [-0.4, -0.2) is 55.7 Å². The van der Waals surface area contributed by atoms with Crippen LogP contribution >= 0.6 is 0 Å². The summed E-state index contributed by atoms with van der Waals surface area (Å²) in [5.74, 6) is -0.404. The first-order valence-electron chi connectivity index (χ1n) is 8.53. The van der Waals surface area contributed by atoms with E-state index < -0.39 is 11.1 Å². The van der Waals surface area contributed by atoms with Gasteiger partial charge in [-0.05, 0) is 25.2 Å². The highest BCUT2D eigenvalue weighted by Gasteiger charge is 2.20. The molecule has 0 aliphatic rings. The maximum Gasteiger partial charge on any atom is 0.251 e. The zero-order valence-electron chi connectivity index (χ0n) is 15.6. The van der Waals surface area contributed by atoms with Gasteiger partial charge in [0.25, 0.3) is 5.96 Å². The van der Waals surface area contributed by atoms with E-state index in [-0.39, 0.29) is 37.3 Å². The van der Waals surface area contributed by atoms with Crippen molar-refractivity contribution in [1.29, 1.82) is 0 Å². The monoisotopic (exact) mass is 374 g/mol. The van der Waals surface area contributed by atoms with Crippen LogP contribution in [0.3, 0.4) is 0 Å². The summed E-state index contributed by atoms with van der Waals surface area (Å²) in [5, 5.41) is 14.9. The summed E-state index contributed by atoms with van der Waals surface area (Å²) < 4.78 is 4.85. The van der Waals surface area contributed by atoms with E-state index in [1.165, 1.54) is 7.11 Å². The van der Waals surface area contributed by atoms with Gasteiger partial charge in [-0.25, -0.2) is 15.1 Å². The van der Waals surface area contributed by atoms with E-state index in [2.05, 4.69) is 29.5 Å². The molecule has 26 heavy (non-hydrogen) atoms. The van der Waals surface area contributed by atoms with E-state index in [9.17, 15) is 19.7 Å². The van der Waals surface area contributed by atoms with Gasteiger partial charge in [-0.15, -0.1) is 0 Å². The van der Waals surface area contributed by atoms with Crippen molar-refractivity contribution in [3.05, 3.63) is 10.1 Å². The Morgan fingerprint density at radius 3 is 2.58 bits per heavy atom. The van der Waals surface area contributed by atoms with Gasteiger partial charge in [-0.2, -0.15) is 0 Å². The molecule has 0 fully saturated rings. The zero-order chi connectivity index (χ0) is 19.9. The minimum atomic E-state index is -0.806. The molecule has 2 amide bonds. The van der Waals surface area contributed by atoms with Crippen molar-refractivity contribution in [3.63, 3.8) is 0 Å². The topological polar surface area (TPSA) is 161 Å². The molecule has 0 saturated heterocycles. The number of nitrogens with zero attached hydrogens (tertiary/aromatic N) is 2. The fraction of sp³-hybridized carbons (Fsp3) is 0.800. The standard InChI is InChI=1S/C15H30N6O5/c1-11(2)6-9-17-14(23)12(19-13(22)7-10-26-3)5-4-8-18-15(16)20-21(24)25/h11-12H,4-10H2,1-3H3,(H,17,23)(H,19,22)(H3,16,18,20)/t12-/m0/s1. The lowest BCUT2D eigenvalue weighted by Crippen LogP contribution is -2.47. The van der Waals surface area contributed by atoms with Crippen LogP contribution in [0.2, 0.25) is 0 Å². The summed E-state index contributed by atoms with van der Waals surface area (Å²) in [5.41, 5.74) is 7.05. The third-order valence-electron chi connectivity index (χ3n) is 3.34. The Kier molecular flexibility index (Phi) is 12.5. The fourth-order valence-electron chi connectivity index (χ4n) is 1.96. The second-order valence-corrected chi connectivity index (χ2v) is 6.11. The van der Waals surface area contributed by atoms with Crippen LogP contribution in [0, 0.1) is 16.0 Å². The molecule has 0 rings (SSSR count). The number of ether oxygens (including phenoxy) is 1. The van der Waals surface area contributed by atoms with Crippen molar-refractivity contribution < 1.29 is 19.4 Å². The fourth-order valence-corrected chi connectivity index (χ4v) is 1.96. The number of nitrogens with one attached hydrogen (secondary N) is 3. The summed E-state index contributed by atoms with van der Waals surface area (Å²) in [6, 6.07) is -0.702. The lowest BCUT2D eigenvalue weighted by Gasteiger charge is -2.18. The highest BCUT2D eigenvalue weighted by Crippen LogP contribution is 2.01. The third kappa shape index (κ3) is 12.9. The van der Waals surface area contributed by atoms with Crippen molar-refractivity contribution in [2.45, 2.75) is 45.6 Å². The number of amides is 2. The van der Waals surface area contributed by atoms with Gasteiger partial charge < -0.3 is 21.1 Å². The predicted octanol–water partition coefficient (Wildman–Crippen LogP) is -0.454. The summed E-state index contributed by atoms with van der Waals surface area (Å²) in [4.78, 5) is 38.2. The summed E-state index contributed by atoms with van der Waals surface area (Å²) in [6.45, 7) is 5.09. The molecule has 0 aromatic carbocycles. The Morgan fingerprint density at radius 2 is 2.00 bits per heavy atom. The lowest BCUT2D eigenvalue weighted by molar-refractivity contribution is -0.525. The second kappa shape index (κ2) is 13.8. The molecule has 150 valence electrons. The maximum absolute atomic E-state index is 12.3. The van der Waals surface area contributed by atoms with Crippen molar-refractivity contribution in [2.75, 3.05) is 26.8 Å². The molecule has 0 unspecified atom stereocenters. The van der Waals surface area contributed by atoms with Gasteiger partial charge in [-0.3, -0.25) is 9.59 Å². The minimum absolute atomic E-state index is 0.157. The highest BCUT2D eigenvalue weighted by atomic mass is 16.7. The van der Waals surface area contributed by atoms with Crippen LogP contribution in [0.4, 0.5) is 0 Å². The number of guanidine groups is 1. The molecule has 11 nitrogen and oxygen atoms in total. The van der Waals surface area contributed by atoms with Crippen molar-refractivity contribution in [1.82, 2.24) is 16.1 Å². The van der Waals surface area contributed by atoms with Crippen molar-refractivity contribution in [3.8, 4) is 0 Å².